The molecule has 3 rings (SSSR count). The van der Waals surface area contributed by atoms with E-state index in [1.165, 1.54) is 29.0 Å². The summed E-state index contributed by atoms with van der Waals surface area (Å²) >= 11 is 1.27. The second-order valence-electron chi connectivity index (χ2n) is 9.54. The molecule has 0 aliphatic carbocycles. The molecule has 0 radical (unpaired) electrons. The van der Waals surface area contributed by atoms with Crippen LogP contribution in [0.3, 0.4) is 0 Å². The predicted molar refractivity (Wildman–Crippen MR) is 146 cm³/mol. The number of hydrogen-bond acceptors (Lipinski definition) is 7. The van der Waals surface area contributed by atoms with Crippen molar-refractivity contribution < 1.29 is 24.0 Å². The van der Waals surface area contributed by atoms with Gasteiger partial charge in [0.25, 0.3) is 5.69 Å². The number of non-ortho nitro benzene ring substituents is 1. The highest BCUT2D eigenvalue weighted by Gasteiger charge is 2.26. The molecular weight excluding hydrogens is 492 g/mol. The van der Waals surface area contributed by atoms with Gasteiger partial charge in [0.05, 0.1) is 18.1 Å². The zero-order valence-corrected chi connectivity index (χ0v) is 22.6. The summed E-state index contributed by atoms with van der Waals surface area (Å²) in [4.78, 5) is 36.9. The summed E-state index contributed by atoms with van der Waals surface area (Å²) in [5.74, 6) is -0.0501. The monoisotopic (exact) mass is 524 g/mol. The summed E-state index contributed by atoms with van der Waals surface area (Å²) in [7, 11) is 0. The van der Waals surface area contributed by atoms with Crippen LogP contribution in [0.4, 0.5) is 10.7 Å². The van der Waals surface area contributed by atoms with E-state index in [2.05, 4.69) is 26.1 Å². The molecule has 0 fully saturated rings. The molecule has 0 spiro atoms. The van der Waals surface area contributed by atoms with Gasteiger partial charge >= 0.3 is 5.97 Å². The Balaban J connectivity index is 1.68. The molecule has 0 unspecified atom stereocenters. The number of nitro groups is 1. The third-order valence-electron chi connectivity index (χ3n) is 5.72. The summed E-state index contributed by atoms with van der Waals surface area (Å²) in [6.07, 6.45) is 0.716. The summed E-state index contributed by atoms with van der Waals surface area (Å²) in [5, 5.41) is 14.3. The normalized spacial score (nSPS) is 11.2. The lowest BCUT2D eigenvalue weighted by atomic mass is 9.87. The first-order valence-corrected chi connectivity index (χ1v) is 12.9. The minimum absolute atomic E-state index is 0.0461. The third kappa shape index (κ3) is 7.16. The lowest BCUT2D eigenvalue weighted by molar-refractivity contribution is -0.384. The average Bonchev–Trinajstić information content (AvgIpc) is 3.17. The van der Waals surface area contributed by atoms with E-state index >= 15 is 0 Å². The Morgan fingerprint density at radius 2 is 1.70 bits per heavy atom. The molecule has 8 nitrogen and oxygen atoms in total. The first-order chi connectivity index (χ1) is 17.5. The molecule has 1 heterocycles. The van der Waals surface area contributed by atoms with Crippen molar-refractivity contribution in [1.82, 2.24) is 0 Å². The fraction of sp³-hybridized carbons (Fsp3) is 0.357. The molecule has 9 heteroatoms. The Morgan fingerprint density at radius 1 is 1.05 bits per heavy atom. The molecule has 1 amide bonds. The number of hydrogen-bond donors (Lipinski definition) is 1. The van der Waals surface area contributed by atoms with E-state index < -0.39 is 10.9 Å². The summed E-state index contributed by atoms with van der Waals surface area (Å²) in [5.41, 5.74) is 2.72. The number of esters is 1. The Morgan fingerprint density at radius 3 is 2.27 bits per heavy atom. The van der Waals surface area contributed by atoms with Gasteiger partial charge in [0.1, 0.15) is 16.3 Å². The fourth-order valence-corrected chi connectivity index (χ4v) is 4.87. The molecule has 0 aliphatic heterocycles. The number of ether oxygens (including phenoxy) is 2. The molecule has 37 heavy (non-hydrogen) atoms. The van der Waals surface area contributed by atoms with Crippen molar-refractivity contribution in [1.29, 1.82) is 0 Å². The number of nitrogens with zero attached hydrogens (tertiary/aromatic N) is 1. The van der Waals surface area contributed by atoms with Crippen molar-refractivity contribution in [2.45, 2.75) is 52.9 Å². The highest BCUT2D eigenvalue weighted by molar-refractivity contribution is 7.17. The molecule has 0 atom stereocenters. The first-order valence-electron chi connectivity index (χ1n) is 12.1. The minimum Gasteiger partial charge on any atom is -0.494 e. The largest absolute Gasteiger partial charge is 0.494 e. The lowest BCUT2D eigenvalue weighted by Gasteiger charge is -2.19. The number of nitro benzene ring substituents is 1. The van der Waals surface area contributed by atoms with Gasteiger partial charge in [-0.25, -0.2) is 4.79 Å². The molecular formula is C28H32N2O6S. The Kier molecular flexibility index (Phi) is 9.04. The molecule has 1 aromatic heterocycles. The molecule has 196 valence electrons. The van der Waals surface area contributed by atoms with E-state index in [0.717, 1.165) is 10.6 Å². The van der Waals surface area contributed by atoms with Gasteiger partial charge in [-0.05, 0) is 61.1 Å². The number of carbonyl (C=O) groups excluding carboxylic acids is 2. The first kappa shape index (κ1) is 27.9. The van der Waals surface area contributed by atoms with E-state index in [-0.39, 0.29) is 35.6 Å². The van der Waals surface area contributed by atoms with Crippen LogP contribution in [0.25, 0.3) is 11.1 Å². The number of carbonyl (C=O) groups is 2. The van der Waals surface area contributed by atoms with Crippen LogP contribution in [0.1, 0.15) is 61.3 Å². The molecule has 1 N–H and O–H groups in total. The topological polar surface area (TPSA) is 108 Å². The zero-order valence-electron chi connectivity index (χ0n) is 21.8. The third-order valence-corrected chi connectivity index (χ3v) is 6.74. The number of rotatable bonds is 10. The standard InChI is InChI=1S/C28H32N2O6S/c1-6-35-27(32)25-24(19-9-13-21(14-10-19)30(33)34)18(2)37-26(25)29-23(31)8-7-17-36-22-15-11-20(12-16-22)28(3,4)5/h9-16H,6-8,17H2,1-5H3,(H,29,31). The molecule has 0 aliphatic rings. The summed E-state index contributed by atoms with van der Waals surface area (Å²) in [6, 6.07) is 13.9. The van der Waals surface area contributed by atoms with Crippen molar-refractivity contribution >= 4 is 33.9 Å². The molecule has 0 saturated heterocycles. The number of anilines is 1. The van der Waals surface area contributed by atoms with Crippen molar-refractivity contribution in [3.8, 4) is 16.9 Å². The fourth-order valence-electron chi connectivity index (χ4n) is 3.79. The van der Waals surface area contributed by atoms with Gasteiger partial charge in [-0.1, -0.05) is 32.9 Å². The maximum atomic E-state index is 12.8. The second-order valence-corrected chi connectivity index (χ2v) is 10.8. The second kappa shape index (κ2) is 12.0. The number of thiophene rings is 1. The van der Waals surface area contributed by atoms with Gasteiger partial charge < -0.3 is 14.8 Å². The van der Waals surface area contributed by atoms with E-state index in [9.17, 15) is 19.7 Å². The maximum Gasteiger partial charge on any atom is 0.341 e. The van der Waals surface area contributed by atoms with Gasteiger partial charge in [0.15, 0.2) is 0 Å². The van der Waals surface area contributed by atoms with Crippen LogP contribution in [0.15, 0.2) is 48.5 Å². The van der Waals surface area contributed by atoms with Crippen LogP contribution in [-0.4, -0.2) is 30.0 Å². The summed E-state index contributed by atoms with van der Waals surface area (Å²) < 4.78 is 11.0. The smallest absolute Gasteiger partial charge is 0.341 e. The van der Waals surface area contributed by atoms with Gasteiger partial charge in [0, 0.05) is 29.0 Å². The highest BCUT2D eigenvalue weighted by atomic mass is 32.1. The van der Waals surface area contributed by atoms with Crippen LogP contribution >= 0.6 is 11.3 Å². The maximum absolute atomic E-state index is 12.8. The van der Waals surface area contributed by atoms with Crippen molar-refractivity contribution in [2.24, 2.45) is 0 Å². The van der Waals surface area contributed by atoms with E-state index in [1.54, 1.807) is 19.1 Å². The van der Waals surface area contributed by atoms with Crippen molar-refractivity contribution in [3.05, 3.63) is 74.6 Å². The van der Waals surface area contributed by atoms with Gasteiger partial charge in [-0.2, -0.15) is 0 Å². The zero-order chi connectivity index (χ0) is 27.2. The van der Waals surface area contributed by atoms with Gasteiger partial charge in [-0.3, -0.25) is 14.9 Å². The SMILES string of the molecule is CCOC(=O)c1c(NC(=O)CCCOc2ccc(C(C)(C)C)cc2)sc(C)c1-c1ccc([N+](=O)[O-])cc1. The van der Waals surface area contributed by atoms with Crippen molar-refractivity contribution in [3.63, 3.8) is 0 Å². The van der Waals surface area contributed by atoms with Gasteiger partial charge in [-0.15, -0.1) is 11.3 Å². The predicted octanol–water partition coefficient (Wildman–Crippen LogP) is 6.90. The Labute approximate surface area is 220 Å². The highest BCUT2D eigenvalue weighted by Crippen LogP contribution is 2.41. The Bertz CT molecular complexity index is 1260. The van der Waals surface area contributed by atoms with Crippen LogP contribution in [0, 0.1) is 17.0 Å². The van der Waals surface area contributed by atoms with E-state index in [0.29, 0.717) is 29.2 Å². The average molecular weight is 525 g/mol. The van der Waals surface area contributed by atoms with Crippen molar-refractivity contribution in [2.75, 3.05) is 18.5 Å². The molecule has 0 bridgehead atoms. The van der Waals surface area contributed by atoms with Crippen LogP contribution in [0.2, 0.25) is 0 Å². The van der Waals surface area contributed by atoms with Crippen LogP contribution < -0.4 is 10.1 Å². The number of aryl methyl sites for hydroxylation is 1. The summed E-state index contributed by atoms with van der Waals surface area (Å²) in [6.45, 7) is 10.5. The van der Waals surface area contributed by atoms with Crippen LogP contribution in [0.5, 0.6) is 5.75 Å². The Hall–Kier alpha value is -3.72. The minimum atomic E-state index is -0.558. The quantitative estimate of drug-likeness (QED) is 0.134. The van der Waals surface area contributed by atoms with E-state index in [4.69, 9.17) is 9.47 Å². The van der Waals surface area contributed by atoms with Crippen LogP contribution in [-0.2, 0) is 14.9 Å². The molecule has 2 aromatic carbocycles. The number of nitrogens with one attached hydrogen (secondary N) is 1. The molecule has 3 aromatic rings. The van der Waals surface area contributed by atoms with E-state index in [1.807, 2.05) is 31.2 Å². The number of benzene rings is 2. The molecule has 0 saturated carbocycles. The number of amides is 1. The van der Waals surface area contributed by atoms with Gasteiger partial charge in [0.2, 0.25) is 5.91 Å². The lowest BCUT2D eigenvalue weighted by Crippen LogP contribution is -2.15.